The number of ether oxygens (including phenoxy) is 1. The predicted molar refractivity (Wildman–Crippen MR) is 68.6 cm³/mol. The number of carbonyl (C=O) groups is 1. The van der Waals surface area contributed by atoms with Crippen LogP contribution >= 0.6 is 39.1 Å². The summed E-state index contributed by atoms with van der Waals surface area (Å²) >= 11 is 14.4. The molecule has 0 fully saturated rings. The highest BCUT2D eigenvalue weighted by molar-refractivity contribution is 9.10. The summed E-state index contributed by atoms with van der Waals surface area (Å²) in [6.45, 7) is 0. The second-order valence-corrected chi connectivity index (χ2v) is 4.71. The first-order valence-electron chi connectivity index (χ1n) is 4.54. The number of rotatable bonds is 1. The maximum absolute atomic E-state index is 14.1. The molecule has 0 amide bonds. The molecule has 94 valence electrons. The van der Waals surface area contributed by atoms with Gasteiger partial charge in [0.2, 0.25) is 5.28 Å². The molecule has 0 aliphatic heterocycles. The minimum Gasteiger partial charge on any atom is -0.465 e. The van der Waals surface area contributed by atoms with Crippen molar-refractivity contribution in [3.8, 4) is 0 Å². The van der Waals surface area contributed by atoms with Gasteiger partial charge in [-0.3, -0.25) is 0 Å². The predicted octanol–water partition coefficient (Wildman–Crippen LogP) is 3.62. The van der Waals surface area contributed by atoms with E-state index in [2.05, 4.69) is 30.6 Å². The monoisotopic (exact) mass is 352 g/mol. The second-order valence-electron chi connectivity index (χ2n) is 3.22. The zero-order valence-electron chi connectivity index (χ0n) is 8.80. The Bertz CT molecular complexity index is 666. The van der Waals surface area contributed by atoms with Crippen LogP contribution in [0, 0.1) is 5.82 Å². The molecule has 1 heterocycles. The molecule has 0 unspecified atom stereocenters. The Labute approximate surface area is 119 Å². The van der Waals surface area contributed by atoms with Crippen LogP contribution < -0.4 is 0 Å². The van der Waals surface area contributed by atoms with Gasteiger partial charge in [0.05, 0.1) is 17.1 Å². The van der Waals surface area contributed by atoms with E-state index in [0.717, 1.165) is 0 Å². The van der Waals surface area contributed by atoms with Gasteiger partial charge >= 0.3 is 5.97 Å². The molecule has 0 aliphatic rings. The van der Waals surface area contributed by atoms with E-state index in [9.17, 15) is 9.18 Å². The van der Waals surface area contributed by atoms with E-state index in [4.69, 9.17) is 23.2 Å². The molecule has 1 aromatic carbocycles. The van der Waals surface area contributed by atoms with Crippen molar-refractivity contribution < 1.29 is 13.9 Å². The van der Waals surface area contributed by atoms with Crippen molar-refractivity contribution in [3.63, 3.8) is 0 Å². The fourth-order valence-corrected chi connectivity index (χ4v) is 2.30. The van der Waals surface area contributed by atoms with Gasteiger partial charge in [-0.05, 0) is 33.6 Å². The lowest BCUT2D eigenvalue weighted by Gasteiger charge is -2.07. The summed E-state index contributed by atoms with van der Waals surface area (Å²) in [5, 5.41) is -0.0344. The van der Waals surface area contributed by atoms with Gasteiger partial charge in [0.1, 0.15) is 10.7 Å². The third kappa shape index (κ3) is 2.15. The Kier molecular flexibility index (Phi) is 3.70. The first-order valence-corrected chi connectivity index (χ1v) is 6.09. The number of halogens is 4. The molecule has 2 rings (SSSR count). The summed E-state index contributed by atoms with van der Waals surface area (Å²) in [6, 6.07) is 1.34. The number of fused-ring (bicyclic) bond motifs is 1. The molecule has 0 saturated heterocycles. The summed E-state index contributed by atoms with van der Waals surface area (Å²) < 4.78 is 18.5. The number of hydrogen-bond acceptors (Lipinski definition) is 4. The molecule has 0 N–H and O–H groups in total. The van der Waals surface area contributed by atoms with E-state index in [0.29, 0.717) is 0 Å². The maximum Gasteiger partial charge on any atom is 0.339 e. The molecule has 18 heavy (non-hydrogen) atoms. The highest BCUT2D eigenvalue weighted by Crippen LogP contribution is 2.32. The van der Waals surface area contributed by atoms with Gasteiger partial charge in [0.15, 0.2) is 5.82 Å². The third-order valence-electron chi connectivity index (χ3n) is 2.20. The lowest BCUT2D eigenvalue weighted by molar-refractivity contribution is 0.0599. The van der Waals surface area contributed by atoms with E-state index < -0.39 is 11.8 Å². The minimum absolute atomic E-state index is 0.00433. The number of esters is 1. The van der Waals surface area contributed by atoms with Crippen molar-refractivity contribution in [2.75, 3.05) is 7.11 Å². The molecule has 8 heteroatoms. The molecule has 1 aromatic heterocycles. The van der Waals surface area contributed by atoms with Gasteiger partial charge in [-0.2, -0.15) is 0 Å². The van der Waals surface area contributed by atoms with Gasteiger partial charge in [0, 0.05) is 5.39 Å². The summed E-state index contributed by atoms with van der Waals surface area (Å²) in [4.78, 5) is 18.9. The van der Waals surface area contributed by atoms with Gasteiger partial charge in [0.25, 0.3) is 0 Å². The fourth-order valence-electron chi connectivity index (χ4n) is 1.40. The molecular formula is C10H4BrCl2FN2O2. The number of benzene rings is 1. The Balaban J connectivity index is 2.88. The second kappa shape index (κ2) is 4.95. The standard InChI is InChI=1S/C10H4BrCl2FN2O2/c1-18-9(17)3-2-4-7(6(14)5(3)11)15-10(13)16-8(4)12/h2H,1H3. The Morgan fingerprint density at radius 2 is 2.11 bits per heavy atom. The Morgan fingerprint density at radius 1 is 1.44 bits per heavy atom. The van der Waals surface area contributed by atoms with Gasteiger partial charge in [-0.15, -0.1) is 0 Å². The van der Waals surface area contributed by atoms with Crippen molar-refractivity contribution >= 4 is 56.0 Å². The average molecular weight is 354 g/mol. The molecule has 4 nitrogen and oxygen atoms in total. The summed E-state index contributed by atoms with van der Waals surface area (Å²) in [5.74, 6) is -1.45. The van der Waals surface area contributed by atoms with Crippen LogP contribution in [-0.4, -0.2) is 23.0 Å². The number of carbonyl (C=O) groups excluding carboxylic acids is 1. The van der Waals surface area contributed by atoms with Gasteiger partial charge < -0.3 is 4.74 Å². The highest BCUT2D eigenvalue weighted by atomic mass is 79.9. The van der Waals surface area contributed by atoms with Gasteiger partial charge in [-0.1, -0.05) is 11.6 Å². The van der Waals surface area contributed by atoms with Crippen LogP contribution in [0.25, 0.3) is 10.9 Å². The van der Waals surface area contributed by atoms with E-state index in [1.54, 1.807) is 0 Å². The minimum atomic E-state index is -0.751. The van der Waals surface area contributed by atoms with Crippen LogP contribution in [0.1, 0.15) is 10.4 Å². The first kappa shape index (κ1) is 13.5. The molecular weight excluding hydrogens is 350 g/mol. The van der Waals surface area contributed by atoms with Crippen LogP contribution in [0.3, 0.4) is 0 Å². The SMILES string of the molecule is COC(=O)c1cc2c(Cl)nc(Cl)nc2c(F)c1Br. The maximum atomic E-state index is 14.1. The lowest BCUT2D eigenvalue weighted by Crippen LogP contribution is -2.05. The summed E-state index contributed by atoms with van der Waals surface area (Å²) in [6.07, 6.45) is 0. The number of hydrogen-bond donors (Lipinski definition) is 0. The topological polar surface area (TPSA) is 52.1 Å². The van der Waals surface area contributed by atoms with Crippen LogP contribution in [0.4, 0.5) is 4.39 Å². The molecule has 0 saturated carbocycles. The highest BCUT2D eigenvalue weighted by Gasteiger charge is 2.20. The summed E-state index contributed by atoms with van der Waals surface area (Å²) in [7, 11) is 1.19. The normalized spacial score (nSPS) is 10.7. The quantitative estimate of drug-likeness (QED) is 0.446. The number of nitrogens with zero attached hydrogens (tertiary/aromatic N) is 2. The van der Waals surface area contributed by atoms with Crippen molar-refractivity contribution in [2.24, 2.45) is 0 Å². The molecule has 0 bridgehead atoms. The van der Waals surface area contributed by atoms with Crippen molar-refractivity contribution in [1.29, 1.82) is 0 Å². The number of aromatic nitrogens is 2. The molecule has 0 radical (unpaired) electrons. The molecule has 0 atom stereocenters. The van der Waals surface area contributed by atoms with Crippen LogP contribution in [0.5, 0.6) is 0 Å². The van der Waals surface area contributed by atoms with Gasteiger partial charge in [-0.25, -0.2) is 19.2 Å². The fraction of sp³-hybridized carbons (Fsp3) is 0.100. The van der Waals surface area contributed by atoms with E-state index in [1.807, 2.05) is 0 Å². The molecule has 0 aliphatic carbocycles. The van der Waals surface area contributed by atoms with Crippen LogP contribution in [-0.2, 0) is 4.74 Å². The zero-order valence-corrected chi connectivity index (χ0v) is 11.9. The third-order valence-corrected chi connectivity index (χ3v) is 3.44. The van der Waals surface area contributed by atoms with Crippen molar-refractivity contribution in [3.05, 3.63) is 32.4 Å². The van der Waals surface area contributed by atoms with Crippen LogP contribution in [0.2, 0.25) is 10.4 Å². The number of methoxy groups -OCH3 is 1. The van der Waals surface area contributed by atoms with Crippen molar-refractivity contribution in [1.82, 2.24) is 9.97 Å². The largest absolute Gasteiger partial charge is 0.465 e. The molecule has 0 spiro atoms. The average Bonchev–Trinajstić information content (AvgIpc) is 2.33. The first-order chi connectivity index (χ1) is 8.45. The van der Waals surface area contributed by atoms with E-state index in [-0.39, 0.29) is 31.4 Å². The van der Waals surface area contributed by atoms with E-state index >= 15 is 0 Å². The lowest BCUT2D eigenvalue weighted by atomic mass is 10.1. The summed E-state index contributed by atoms with van der Waals surface area (Å²) in [5.41, 5.74) is -0.0742. The Hall–Kier alpha value is -0.980. The van der Waals surface area contributed by atoms with E-state index in [1.165, 1.54) is 13.2 Å². The van der Waals surface area contributed by atoms with Crippen LogP contribution in [0.15, 0.2) is 10.5 Å². The Morgan fingerprint density at radius 3 is 2.72 bits per heavy atom. The molecule has 2 aromatic rings. The van der Waals surface area contributed by atoms with Crippen molar-refractivity contribution in [2.45, 2.75) is 0 Å². The smallest absolute Gasteiger partial charge is 0.339 e. The zero-order chi connectivity index (χ0) is 13.4.